The van der Waals surface area contributed by atoms with Crippen molar-refractivity contribution in [1.29, 1.82) is 0 Å². The van der Waals surface area contributed by atoms with Crippen LogP contribution < -0.4 is 10.6 Å². The minimum atomic E-state index is -1.01. The maximum absolute atomic E-state index is 13.0. The van der Waals surface area contributed by atoms with E-state index in [0.29, 0.717) is 24.1 Å². The van der Waals surface area contributed by atoms with Crippen molar-refractivity contribution in [2.75, 3.05) is 34.4 Å². The summed E-state index contributed by atoms with van der Waals surface area (Å²) >= 11 is 0. The smallest absolute Gasteiger partial charge is 0.254 e. The summed E-state index contributed by atoms with van der Waals surface area (Å²) in [6, 6.07) is 6.49. The summed E-state index contributed by atoms with van der Waals surface area (Å²) < 4.78 is 5.23. The van der Waals surface area contributed by atoms with Crippen LogP contribution in [0.4, 0.5) is 0 Å². The molecule has 7 heteroatoms. The quantitative estimate of drug-likeness (QED) is 0.817. The molecule has 2 N–H and O–H groups in total. The van der Waals surface area contributed by atoms with E-state index in [-0.39, 0.29) is 24.3 Å². The van der Waals surface area contributed by atoms with Gasteiger partial charge in [-0.1, -0.05) is 6.07 Å². The highest BCUT2D eigenvalue weighted by Crippen LogP contribution is 2.31. The SMILES string of the molecule is CNC(=O)c1cccc(C(=O)N2CCCC2(COC)C(=O)NC)c1. The molecule has 1 fully saturated rings. The summed E-state index contributed by atoms with van der Waals surface area (Å²) in [5.41, 5.74) is -0.230. The predicted molar refractivity (Wildman–Crippen MR) is 88.8 cm³/mol. The monoisotopic (exact) mass is 333 g/mol. The second-order valence-electron chi connectivity index (χ2n) is 5.76. The van der Waals surface area contributed by atoms with Gasteiger partial charge in [0.2, 0.25) is 5.91 Å². The van der Waals surface area contributed by atoms with E-state index in [2.05, 4.69) is 10.6 Å². The summed E-state index contributed by atoms with van der Waals surface area (Å²) in [5.74, 6) is -0.780. The van der Waals surface area contributed by atoms with Gasteiger partial charge < -0.3 is 20.3 Å². The number of nitrogens with one attached hydrogen (secondary N) is 2. The lowest BCUT2D eigenvalue weighted by Gasteiger charge is -2.36. The number of amides is 3. The van der Waals surface area contributed by atoms with E-state index >= 15 is 0 Å². The molecule has 3 amide bonds. The molecule has 1 aromatic rings. The molecule has 0 radical (unpaired) electrons. The number of benzene rings is 1. The van der Waals surface area contributed by atoms with Crippen LogP contribution in [0.25, 0.3) is 0 Å². The van der Waals surface area contributed by atoms with E-state index < -0.39 is 5.54 Å². The predicted octanol–water partition coefficient (Wildman–Crippen LogP) is 0.413. The van der Waals surface area contributed by atoms with Crippen molar-refractivity contribution in [2.45, 2.75) is 18.4 Å². The van der Waals surface area contributed by atoms with Crippen LogP contribution in [-0.2, 0) is 9.53 Å². The summed E-state index contributed by atoms with van der Waals surface area (Å²) in [6.07, 6.45) is 1.26. The fourth-order valence-corrected chi connectivity index (χ4v) is 3.19. The van der Waals surface area contributed by atoms with Gasteiger partial charge in [-0.05, 0) is 31.0 Å². The molecule has 0 aromatic heterocycles. The van der Waals surface area contributed by atoms with Gasteiger partial charge in [0.15, 0.2) is 0 Å². The van der Waals surface area contributed by atoms with Crippen LogP contribution in [0.15, 0.2) is 24.3 Å². The van der Waals surface area contributed by atoms with E-state index in [9.17, 15) is 14.4 Å². The van der Waals surface area contributed by atoms with Crippen LogP contribution in [0.3, 0.4) is 0 Å². The van der Waals surface area contributed by atoms with Gasteiger partial charge in [-0.3, -0.25) is 14.4 Å². The van der Waals surface area contributed by atoms with Crippen LogP contribution in [0.1, 0.15) is 33.6 Å². The van der Waals surface area contributed by atoms with E-state index in [1.807, 2.05) is 0 Å². The van der Waals surface area contributed by atoms with Crippen LogP contribution in [0, 0.1) is 0 Å². The number of likely N-dealkylation sites (tertiary alicyclic amines) is 1. The van der Waals surface area contributed by atoms with Crippen molar-refractivity contribution in [3.63, 3.8) is 0 Å². The molecule has 1 aromatic carbocycles. The number of nitrogens with zero attached hydrogens (tertiary/aromatic N) is 1. The van der Waals surface area contributed by atoms with Crippen LogP contribution >= 0.6 is 0 Å². The summed E-state index contributed by atoms with van der Waals surface area (Å²) in [4.78, 5) is 38.8. The molecule has 1 saturated heterocycles. The minimum Gasteiger partial charge on any atom is -0.382 e. The molecule has 1 heterocycles. The highest BCUT2D eigenvalue weighted by atomic mass is 16.5. The Hall–Kier alpha value is -2.41. The van der Waals surface area contributed by atoms with Gasteiger partial charge >= 0.3 is 0 Å². The molecule has 2 rings (SSSR count). The Labute approximate surface area is 141 Å². The Balaban J connectivity index is 2.37. The number of ether oxygens (including phenoxy) is 1. The van der Waals surface area contributed by atoms with Gasteiger partial charge in [0.05, 0.1) is 6.61 Å². The second-order valence-corrected chi connectivity index (χ2v) is 5.76. The Morgan fingerprint density at radius 2 is 1.92 bits per heavy atom. The number of likely N-dealkylation sites (N-methyl/N-ethyl adjacent to an activating group) is 1. The molecule has 0 spiro atoms. The Kier molecular flexibility index (Phi) is 5.56. The zero-order valence-corrected chi connectivity index (χ0v) is 14.2. The summed E-state index contributed by atoms with van der Waals surface area (Å²) in [6.45, 7) is 0.605. The number of carbonyl (C=O) groups is 3. The molecular weight excluding hydrogens is 310 g/mol. The maximum Gasteiger partial charge on any atom is 0.254 e. The Morgan fingerprint density at radius 3 is 2.54 bits per heavy atom. The van der Waals surface area contributed by atoms with Crippen molar-refractivity contribution >= 4 is 17.7 Å². The summed E-state index contributed by atoms with van der Waals surface area (Å²) in [5, 5.41) is 5.16. The maximum atomic E-state index is 13.0. The molecule has 1 unspecified atom stereocenters. The van der Waals surface area contributed by atoms with E-state index in [1.54, 1.807) is 36.2 Å². The lowest BCUT2D eigenvalue weighted by molar-refractivity contribution is -0.133. The molecule has 1 aliphatic heterocycles. The van der Waals surface area contributed by atoms with Gasteiger partial charge in [0.1, 0.15) is 5.54 Å². The third kappa shape index (κ3) is 3.12. The van der Waals surface area contributed by atoms with Gasteiger partial charge in [0.25, 0.3) is 11.8 Å². The van der Waals surface area contributed by atoms with E-state index in [0.717, 1.165) is 6.42 Å². The standard InChI is InChI=1S/C17H23N3O4/c1-18-14(21)12-6-4-7-13(10-12)15(22)20-9-5-8-17(20,11-24-3)16(23)19-2/h4,6-7,10H,5,8-9,11H2,1-3H3,(H,18,21)(H,19,23). The largest absolute Gasteiger partial charge is 0.382 e. The average Bonchev–Trinajstić information content (AvgIpc) is 3.04. The minimum absolute atomic E-state index is 0.132. The summed E-state index contributed by atoms with van der Waals surface area (Å²) in [7, 11) is 4.59. The van der Waals surface area contributed by atoms with Crippen molar-refractivity contribution in [3.8, 4) is 0 Å². The normalized spacial score (nSPS) is 19.9. The third-order valence-electron chi connectivity index (χ3n) is 4.37. The second kappa shape index (κ2) is 7.44. The zero-order chi connectivity index (χ0) is 17.7. The van der Waals surface area contributed by atoms with Crippen molar-refractivity contribution in [1.82, 2.24) is 15.5 Å². The number of carbonyl (C=O) groups excluding carboxylic acids is 3. The molecule has 7 nitrogen and oxygen atoms in total. The molecule has 0 bridgehead atoms. The van der Waals surface area contributed by atoms with Crippen LogP contribution in [0.5, 0.6) is 0 Å². The highest BCUT2D eigenvalue weighted by molar-refractivity contribution is 6.02. The van der Waals surface area contributed by atoms with Gasteiger partial charge in [-0.15, -0.1) is 0 Å². The van der Waals surface area contributed by atoms with E-state index in [4.69, 9.17) is 4.74 Å². The number of methoxy groups -OCH3 is 1. The Bertz CT molecular complexity index is 646. The molecule has 0 saturated carbocycles. The van der Waals surface area contributed by atoms with Crippen molar-refractivity contribution in [3.05, 3.63) is 35.4 Å². The Morgan fingerprint density at radius 1 is 1.21 bits per heavy atom. The van der Waals surface area contributed by atoms with Crippen LogP contribution in [-0.4, -0.2) is 62.5 Å². The molecular formula is C17H23N3O4. The first-order chi connectivity index (χ1) is 11.5. The number of hydrogen-bond acceptors (Lipinski definition) is 4. The molecule has 130 valence electrons. The number of hydrogen-bond donors (Lipinski definition) is 2. The fourth-order valence-electron chi connectivity index (χ4n) is 3.19. The van der Waals surface area contributed by atoms with E-state index in [1.165, 1.54) is 14.2 Å². The molecule has 0 aliphatic carbocycles. The van der Waals surface area contributed by atoms with Gasteiger partial charge in [0, 0.05) is 38.9 Å². The first-order valence-electron chi connectivity index (χ1n) is 7.85. The first kappa shape index (κ1) is 17.9. The molecule has 24 heavy (non-hydrogen) atoms. The van der Waals surface area contributed by atoms with Crippen LogP contribution in [0.2, 0.25) is 0 Å². The van der Waals surface area contributed by atoms with Gasteiger partial charge in [-0.2, -0.15) is 0 Å². The molecule has 1 aliphatic rings. The first-order valence-corrected chi connectivity index (χ1v) is 7.85. The lowest BCUT2D eigenvalue weighted by Crippen LogP contribution is -2.59. The van der Waals surface area contributed by atoms with Crippen molar-refractivity contribution in [2.24, 2.45) is 0 Å². The molecule has 1 atom stereocenters. The van der Waals surface area contributed by atoms with Crippen molar-refractivity contribution < 1.29 is 19.1 Å². The highest BCUT2D eigenvalue weighted by Gasteiger charge is 2.49. The third-order valence-corrected chi connectivity index (χ3v) is 4.37. The number of rotatable bonds is 5. The topological polar surface area (TPSA) is 87.7 Å². The van der Waals surface area contributed by atoms with Gasteiger partial charge in [-0.25, -0.2) is 0 Å². The zero-order valence-electron chi connectivity index (χ0n) is 14.2. The lowest BCUT2D eigenvalue weighted by atomic mass is 9.95. The fraction of sp³-hybridized carbons (Fsp3) is 0.471. The average molecular weight is 333 g/mol.